The monoisotopic (exact) mass is 369 g/mol. The Morgan fingerprint density at radius 2 is 1.86 bits per heavy atom. The van der Waals surface area contributed by atoms with E-state index in [1.165, 1.54) is 4.90 Å². The van der Waals surface area contributed by atoms with E-state index >= 15 is 0 Å². The van der Waals surface area contributed by atoms with Crippen LogP contribution in [0.1, 0.15) is 33.4 Å². The summed E-state index contributed by atoms with van der Waals surface area (Å²) in [4.78, 5) is 36.8. The summed E-state index contributed by atoms with van der Waals surface area (Å²) in [5.74, 6) is 0.138. The molecule has 136 valence electrons. The molecule has 6 nitrogen and oxygen atoms in total. The SMILES string of the molecule is Cc1cccc(N2C(=O)c3oc4ccccc4c(=O)c3[C@H]2c2cccnc2)n1. The lowest BCUT2D eigenvalue weighted by Crippen LogP contribution is -2.30. The van der Waals surface area contributed by atoms with Crippen molar-refractivity contribution in [2.75, 3.05) is 4.90 Å². The van der Waals surface area contributed by atoms with Crippen molar-refractivity contribution >= 4 is 22.7 Å². The van der Waals surface area contributed by atoms with Crippen molar-refractivity contribution in [3.05, 3.63) is 99.8 Å². The van der Waals surface area contributed by atoms with E-state index in [1.54, 1.807) is 48.8 Å². The summed E-state index contributed by atoms with van der Waals surface area (Å²) in [5.41, 5.74) is 1.99. The number of carbonyl (C=O) groups excluding carboxylic acids is 1. The van der Waals surface area contributed by atoms with E-state index in [1.807, 2.05) is 25.1 Å². The molecule has 6 heteroatoms. The lowest BCUT2D eigenvalue weighted by Gasteiger charge is -2.24. The van der Waals surface area contributed by atoms with Crippen LogP contribution in [0.2, 0.25) is 0 Å². The van der Waals surface area contributed by atoms with Crippen LogP contribution in [0.3, 0.4) is 0 Å². The van der Waals surface area contributed by atoms with Crippen molar-refractivity contribution in [3.8, 4) is 0 Å². The largest absolute Gasteiger partial charge is 0.450 e. The fourth-order valence-corrected chi connectivity index (χ4v) is 3.67. The molecule has 4 aromatic rings. The number of aryl methyl sites for hydroxylation is 1. The van der Waals surface area contributed by atoms with Crippen LogP contribution in [-0.4, -0.2) is 15.9 Å². The molecule has 0 saturated carbocycles. The Morgan fingerprint density at radius 3 is 2.64 bits per heavy atom. The van der Waals surface area contributed by atoms with Gasteiger partial charge in [-0.25, -0.2) is 4.98 Å². The summed E-state index contributed by atoms with van der Waals surface area (Å²) in [6.45, 7) is 1.86. The first kappa shape index (κ1) is 16.4. The molecule has 1 aromatic carbocycles. The van der Waals surface area contributed by atoms with Gasteiger partial charge >= 0.3 is 0 Å². The fourth-order valence-electron chi connectivity index (χ4n) is 3.67. The molecule has 0 bridgehead atoms. The fraction of sp³-hybridized carbons (Fsp3) is 0.0909. The van der Waals surface area contributed by atoms with Crippen molar-refractivity contribution in [2.45, 2.75) is 13.0 Å². The Kier molecular flexibility index (Phi) is 3.58. The van der Waals surface area contributed by atoms with Crippen LogP contribution in [-0.2, 0) is 0 Å². The molecular weight excluding hydrogens is 354 g/mol. The van der Waals surface area contributed by atoms with E-state index in [0.29, 0.717) is 22.4 Å². The van der Waals surface area contributed by atoms with E-state index in [0.717, 1.165) is 11.3 Å². The lowest BCUT2D eigenvalue weighted by molar-refractivity contribution is 0.0970. The van der Waals surface area contributed by atoms with Gasteiger partial charge in [-0.15, -0.1) is 0 Å². The second kappa shape index (κ2) is 6.13. The van der Waals surface area contributed by atoms with E-state index < -0.39 is 6.04 Å². The van der Waals surface area contributed by atoms with E-state index in [-0.39, 0.29) is 17.1 Å². The van der Waals surface area contributed by atoms with Gasteiger partial charge in [0.15, 0.2) is 5.43 Å². The van der Waals surface area contributed by atoms with E-state index in [9.17, 15) is 9.59 Å². The maximum absolute atomic E-state index is 13.3. The minimum absolute atomic E-state index is 0.0564. The summed E-state index contributed by atoms with van der Waals surface area (Å²) in [5, 5.41) is 0.446. The number of rotatable bonds is 2. The molecule has 0 radical (unpaired) electrons. The van der Waals surface area contributed by atoms with Crippen molar-refractivity contribution in [1.82, 2.24) is 9.97 Å². The van der Waals surface area contributed by atoms with E-state index in [4.69, 9.17) is 4.42 Å². The highest BCUT2D eigenvalue weighted by atomic mass is 16.3. The first-order valence-electron chi connectivity index (χ1n) is 8.88. The van der Waals surface area contributed by atoms with Gasteiger partial charge in [0, 0.05) is 18.1 Å². The van der Waals surface area contributed by atoms with Gasteiger partial charge in [0.2, 0.25) is 5.76 Å². The molecular formula is C22H15N3O3. The second-order valence-corrected chi connectivity index (χ2v) is 6.67. The van der Waals surface area contributed by atoms with Crippen LogP contribution in [0.4, 0.5) is 5.82 Å². The summed E-state index contributed by atoms with van der Waals surface area (Å²) in [6, 6.07) is 15.4. The molecule has 5 rings (SSSR count). The highest BCUT2D eigenvalue weighted by Gasteiger charge is 2.44. The van der Waals surface area contributed by atoms with Gasteiger partial charge in [-0.2, -0.15) is 0 Å². The number of nitrogens with zero attached hydrogens (tertiary/aromatic N) is 3. The number of hydrogen-bond donors (Lipinski definition) is 0. The number of fused-ring (bicyclic) bond motifs is 2. The topological polar surface area (TPSA) is 76.3 Å². The molecule has 28 heavy (non-hydrogen) atoms. The Hall–Kier alpha value is -3.80. The molecule has 1 amide bonds. The Labute approximate surface area is 160 Å². The summed E-state index contributed by atoms with van der Waals surface area (Å²) >= 11 is 0. The molecule has 4 heterocycles. The third-order valence-corrected chi connectivity index (χ3v) is 4.90. The standard InChI is InChI=1S/C22H15N3O3/c1-13-6-4-10-17(24-13)25-19(14-7-5-11-23-12-14)18-20(26)15-8-2-3-9-16(15)28-21(18)22(25)27/h2-12,19H,1H3/t19-/m1/s1. The molecule has 0 N–H and O–H groups in total. The zero-order valence-electron chi connectivity index (χ0n) is 15.0. The molecule has 1 aliphatic heterocycles. The average Bonchev–Trinajstić information content (AvgIpc) is 3.02. The number of amides is 1. The van der Waals surface area contributed by atoms with Crippen molar-refractivity contribution in [2.24, 2.45) is 0 Å². The Morgan fingerprint density at radius 1 is 1.00 bits per heavy atom. The molecule has 0 aliphatic carbocycles. The maximum Gasteiger partial charge on any atom is 0.296 e. The first-order chi connectivity index (χ1) is 13.6. The van der Waals surface area contributed by atoms with Gasteiger partial charge in [0.1, 0.15) is 11.4 Å². The lowest BCUT2D eigenvalue weighted by atomic mass is 10.00. The van der Waals surface area contributed by atoms with Crippen LogP contribution in [0, 0.1) is 6.92 Å². The Balaban J connectivity index is 1.83. The maximum atomic E-state index is 13.3. The smallest absolute Gasteiger partial charge is 0.296 e. The normalized spacial score (nSPS) is 15.8. The number of hydrogen-bond acceptors (Lipinski definition) is 5. The van der Waals surface area contributed by atoms with Crippen LogP contribution >= 0.6 is 0 Å². The number of anilines is 1. The van der Waals surface area contributed by atoms with Gasteiger partial charge in [-0.05, 0) is 42.8 Å². The van der Waals surface area contributed by atoms with Crippen LogP contribution < -0.4 is 10.3 Å². The summed E-state index contributed by atoms with van der Waals surface area (Å²) in [6.07, 6.45) is 3.31. The van der Waals surface area contributed by atoms with Crippen LogP contribution in [0.25, 0.3) is 11.0 Å². The predicted octanol–water partition coefficient (Wildman–Crippen LogP) is 3.64. The Bertz CT molecular complexity index is 1280. The van der Waals surface area contributed by atoms with Gasteiger partial charge < -0.3 is 4.42 Å². The number of benzene rings is 1. The van der Waals surface area contributed by atoms with Gasteiger partial charge in [0.25, 0.3) is 5.91 Å². The highest BCUT2D eigenvalue weighted by Crippen LogP contribution is 2.40. The van der Waals surface area contributed by atoms with Gasteiger partial charge in [0.05, 0.1) is 17.0 Å². The van der Waals surface area contributed by atoms with Crippen LogP contribution in [0.15, 0.2) is 76.2 Å². The van der Waals surface area contributed by atoms with Crippen molar-refractivity contribution in [1.29, 1.82) is 0 Å². The summed E-state index contributed by atoms with van der Waals surface area (Å²) < 4.78 is 5.89. The third-order valence-electron chi connectivity index (χ3n) is 4.90. The molecule has 0 saturated heterocycles. The minimum atomic E-state index is -0.647. The molecule has 0 unspecified atom stereocenters. The van der Waals surface area contributed by atoms with Crippen molar-refractivity contribution in [3.63, 3.8) is 0 Å². The zero-order valence-corrected chi connectivity index (χ0v) is 15.0. The minimum Gasteiger partial charge on any atom is -0.450 e. The molecule has 1 aliphatic rings. The van der Waals surface area contributed by atoms with Gasteiger partial charge in [-0.1, -0.05) is 24.3 Å². The van der Waals surface area contributed by atoms with E-state index in [2.05, 4.69) is 9.97 Å². The summed E-state index contributed by atoms with van der Waals surface area (Å²) in [7, 11) is 0. The van der Waals surface area contributed by atoms with Gasteiger partial charge in [-0.3, -0.25) is 19.5 Å². The van der Waals surface area contributed by atoms with Crippen LogP contribution in [0.5, 0.6) is 0 Å². The molecule has 1 atom stereocenters. The first-order valence-corrected chi connectivity index (χ1v) is 8.88. The number of para-hydroxylation sites is 1. The molecule has 0 fully saturated rings. The number of aromatic nitrogens is 2. The van der Waals surface area contributed by atoms with Crippen molar-refractivity contribution < 1.29 is 9.21 Å². The highest BCUT2D eigenvalue weighted by molar-refractivity contribution is 6.10. The predicted molar refractivity (Wildman–Crippen MR) is 104 cm³/mol. The third kappa shape index (κ3) is 2.35. The zero-order chi connectivity index (χ0) is 19.3. The number of carbonyl (C=O) groups is 1. The average molecular weight is 369 g/mol. The quantitative estimate of drug-likeness (QED) is 0.539. The molecule has 0 spiro atoms. The second-order valence-electron chi connectivity index (χ2n) is 6.67. The molecule has 3 aromatic heterocycles. The number of pyridine rings is 2.